The fourth-order valence-electron chi connectivity index (χ4n) is 14.0. The minimum Gasteiger partial charge on any atom is -0.492 e. The van der Waals surface area contributed by atoms with E-state index in [1.165, 1.54) is 32.2 Å². The van der Waals surface area contributed by atoms with Crippen molar-refractivity contribution in [1.29, 1.82) is 5.26 Å². The minimum atomic E-state index is -0.621. The van der Waals surface area contributed by atoms with E-state index in [1.54, 1.807) is 67.1 Å². The Bertz CT molecular complexity index is 6560. The molecule has 0 radical (unpaired) electrons. The van der Waals surface area contributed by atoms with Crippen molar-refractivity contribution in [2.45, 2.75) is 138 Å². The Morgan fingerprint density at radius 2 is 0.778 bits per heavy atom. The van der Waals surface area contributed by atoms with Crippen LogP contribution in [0.25, 0.3) is 89.2 Å². The van der Waals surface area contributed by atoms with Gasteiger partial charge in [0.25, 0.3) is 17.7 Å². The molecule has 0 atom stereocenters. The quantitative estimate of drug-likeness (QED) is 0.0263. The van der Waals surface area contributed by atoms with Gasteiger partial charge in [-0.05, 0) is 152 Å². The lowest BCUT2D eigenvalue weighted by Crippen LogP contribution is -2.41. The van der Waals surface area contributed by atoms with Crippen LogP contribution in [-0.2, 0) is 38.8 Å². The first-order chi connectivity index (χ1) is 60.0. The highest BCUT2D eigenvalue weighted by atomic mass is 35.5. The van der Waals surface area contributed by atoms with Gasteiger partial charge in [-0.15, -0.1) is 0 Å². The van der Waals surface area contributed by atoms with Gasteiger partial charge < -0.3 is 58.3 Å². The lowest BCUT2D eigenvalue weighted by Gasteiger charge is -2.26. The van der Waals surface area contributed by atoms with Crippen molar-refractivity contribution in [3.05, 3.63) is 233 Å². The highest BCUT2D eigenvalue weighted by Crippen LogP contribution is 2.39. The number of hydrogen-bond acceptors (Lipinski definition) is 23. The number of fused-ring (bicyclic) bond motifs is 4. The number of nitrogens with zero attached hydrogens (tertiary/aromatic N) is 18. The van der Waals surface area contributed by atoms with E-state index in [0.29, 0.717) is 163 Å². The maximum Gasteiger partial charge on any atom is 0.267 e. The molecule has 9 heterocycles. The monoisotopic (exact) mass is 1710 g/mol. The Hall–Kier alpha value is -14.9. The minimum absolute atomic E-state index is 0.0892. The number of carbonyl (C=O) groups is 5. The predicted molar refractivity (Wildman–Crippen MR) is 491 cm³/mol. The highest BCUT2D eigenvalue weighted by Gasteiger charge is 2.34. The van der Waals surface area contributed by atoms with E-state index < -0.39 is 22.2 Å². The van der Waals surface area contributed by atoms with Crippen LogP contribution in [0, 0.1) is 39.0 Å². The van der Waals surface area contributed by atoms with E-state index in [4.69, 9.17) is 64.9 Å². The van der Waals surface area contributed by atoms with Gasteiger partial charge in [-0.25, -0.2) is 58.6 Å². The van der Waals surface area contributed by atoms with Crippen molar-refractivity contribution in [2.75, 3.05) is 55.7 Å². The van der Waals surface area contributed by atoms with E-state index in [0.717, 1.165) is 50.2 Å². The number of anilines is 4. The van der Waals surface area contributed by atoms with E-state index in [2.05, 4.69) is 61.1 Å². The molecule has 0 saturated carbocycles. The van der Waals surface area contributed by atoms with Gasteiger partial charge >= 0.3 is 0 Å². The molecule has 4 amide bonds. The fourth-order valence-corrected chi connectivity index (χ4v) is 14.2. The molecule has 0 bridgehead atoms. The van der Waals surface area contributed by atoms with Crippen LogP contribution < -0.4 is 48.9 Å². The van der Waals surface area contributed by atoms with Crippen molar-refractivity contribution in [3.63, 3.8) is 0 Å². The Balaban J connectivity index is 0.000000153. The van der Waals surface area contributed by atoms with Crippen LogP contribution in [0.2, 0.25) is 5.02 Å². The van der Waals surface area contributed by atoms with Gasteiger partial charge in [0.05, 0.1) is 67.0 Å². The normalized spacial score (nSPS) is 11.5. The summed E-state index contributed by atoms with van der Waals surface area (Å²) in [6.45, 7) is 29.2. The lowest BCUT2D eigenvalue weighted by atomic mass is 10.1. The molecule has 0 aliphatic carbocycles. The molecule has 15 rings (SSSR count). The summed E-state index contributed by atoms with van der Waals surface area (Å²) in [5.41, 5.74) is 38.0. The molecule has 0 aliphatic heterocycles. The van der Waals surface area contributed by atoms with Crippen molar-refractivity contribution in [3.8, 4) is 56.8 Å². The van der Waals surface area contributed by atoms with E-state index in [1.807, 2.05) is 217 Å². The van der Waals surface area contributed by atoms with Gasteiger partial charge in [0, 0.05) is 85.6 Å². The number of halogens is 1. The lowest BCUT2D eigenvalue weighted by molar-refractivity contribution is -0.121. The number of ketones is 1. The maximum absolute atomic E-state index is 12.8. The van der Waals surface area contributed by atoms with Crippen LogP contribution in [0.3, 0.4) is 0 Å². The molecule has 0 fully saturated rings. The van der Waals surface area contributed by atoms with Crippen LogP contribution in [0.5, 0.6) is 5.75 Å². The second-order valence-corrected chi connectivity index (χ2v) is 33.6. The molecule has 0 unspecified atom stereocenters. The van der Waals surface area contributed by atoms with Crippen LogP contribution in [0.15, 0.2) is 183 Å². The molecule has 0 saturated heterocycles. The zero-order chi connectivity index (χ0) is 90.7. The van der Waals surface area contributed by atoms with Crippen molar-refractivity contribution in [2.24, 2.45) is 7.05 Å². The summed E-state index contributed by atoms with van der Waals surface area (Å²) in [5.74, 6) is 1.35. The van der Waals surface area contributed by atoms with Gasteiger partial charge in [0.1, 0.15) is 88.6 Å². The number of Topliss-reactive ketones (excluding diaryl/α,β-unsaturated/α-hetero) is 1. The number of amides is 4. The summed E-state index contributed by atoms with van der Waals surface area (Å²) in [5, 5.41) is 43.5. The summed E-state index contributed by atoms with van der Waals surface area (Å²) in [7, 11) is 1.84. The van der Waals surface area contributed by atoms with Crippen LogP contribution in [0.4, 0.5) is 23.3 Å². The zero-order valence-corrected chi connectivity index (χ0v) is 73.9. The summed E-state index contributed by atoms with van der Waals surface area (Å²) >= 11 is 6.24. The standard InChI is InChI=1S/C25H27ClN6O2.C24H23N7O.C22H25N7O.C22H28N6O2/c1-5-34-19-11-10-17(12-18(19)26)24(33)28-13-25(3,4)32-23-20(22(27)29-14-30-23)21(31-32)16-8-6-15(2)7-9-16;1-15-7-9-17(10-8-15)20-19-21(26)28-14-29-22(19)31(30-20)24(2,3)13-27-23(32)18-6-4-5-16(11-18)12-25;1-14-7-9-15(10-8-14)18-17-19(23)25-13-26-20(17)29(27-18)22(2,3)12-24-21(30)16-6-5-11-28(16)4;1-14-8-10-16(11-9-14)19-18-20(23)25-13-26-21(18)28(27-19)22(3,4)12-24-17(30)7-5-6-15(2)29/h6-12,14H,5,13H2,1-4H3,(H,28,33)(H2,27,29,30);4-11,14H,13H2,1-3H3,(H,27,32)(H2,26,28,29);5-11,13H,12H2,1-4H3,(H,24,30)(H2,23,25,26);8-11,13H,5-7,12H2,1-4H3,(H,24,30)(H2,23,25,26). The summed E-state index contributed by atoms with van der Waals surface area (Å²) in [4.78, 5) is 95.7. The molecule has 648 valence electrons. The van der Waals surface area contributed by atoms with Crippen molar-refractivity contribution in [1.82, 2.24) is 105 Å². The average Bonchev–Trinajstić information content (AvgIpc) is 1.62. The smallest absolute Gasteiger partial charge is 0.267 e. The van der Waals surface area contributed by atoms with Crippen LogP contribution in [0.1, 0.15) is 148 Å². The number of carbonyl (C=O) groups excluding carboxylic acids is 5. The molecule has 0 aliphatic rings. The molecule has 12 N–H and O–H groups in total. The van der Waals surface area contributed by atoms with Gasteiger partial charge in [0.2, 0.25) is 5.91 Å². The van der Waals surface area contributed by atoms with Gasteiger partial charge in [-0.3, -0.25) is 19.2 Å². The molecule has 6 aromatic carbocycles. The van der Waals surface area contributed by atoms with Gasteiger partial charge in [0.15, 0.2) is 22.6 Å². The second-order valence-electron chi connectivity index (χ2n) is 33.2. The highest BCUT2D eigenvalue weighted by molar-refractivity contribution is 6.32. The third-order valence-corrected chi connectivity index (χ3v) is 21.5. The number of rotatable bonds is 25. The van der Waals surface area contributed by atoms with E-state index in [9.17, 15) is 24.0 Å². The maximum atomic E-state index is 12.8. The Kier molecular flexibility index (Phi) is 27.4. The van der Waals surface area contributed by atoms with Crippen molar-refractivity contribution < 1.29 is 28.7 Å². The number of hydrogen-bond donors (Lipinski definition) is 8. The molecule has 0 spiro atoms. The summed E-state index contributed by atoms with van der Waals surface area (Å²) in [6, 6.07) is 49.4. The number of nitrogens with two attached hydrogens (primary N) is 4. The first-order valence-electron chi connectivity index (χ1n) is 40.9. The number of benzene rings is 6. The third kappa shape index (κ3) is 20.6. The van der Waals surface area contributed by atoms with Crippen LogP contribution >= 0.6 is 11.6 Å². The molecule has 126 heavy (non-hydrogen) atoms. The zero-order valence-electron chi connectivity index (χ0n) is 73.2. The Morgan fingerprint density at radius 1 is 0.437 bits per heavy atom. The SMILES string of the molecule is CC(=O)CCCC(=O)NCC(C)(C)n1nc(-c2ccc(C)cc2)c2c(N)ncnc21.CCOc1ccc(C(=O)NCC(C)(C)n2nc(-c3ccc(C)cc3)c3c(N)ncnc32)cc1Cl.Cc1ccc(-c2nn(C(C)(C)CNC(=O)c3cccc(C#N)c3)c3ncnc(N)c23)cc1.Cc1ccc(-c2nn(C(C)(C)CNC(=O)c3cccn3C)c3ncnc(N)c23)cc1. The molecule has 33 heteroatoms. The summed E-state index contributed by atoms with van der Waals surface area (Å²) in [6.07, 6.45) is 8.82. The third-order valence-electron chi connectivity index (χ3n) is 21.2. The van der Waals surface area contributed by atoms with Gasteiger partial charge in [-0.2, -0.15) is 25.7 Å². The number of ether oxygens (including phenoxy) is 1. The van der Waals surface area contributed by atoms with Gasteiger partial charge in [-0.1, -0.05) is 137 Å². The van der Waals surface area contributed by atoms with Crippen LogP contribution in [-0.4, -0.2) is 146 Å². The molecule has 9 aromatic heterocycles. The number of nitrogen functional groups attached to an aromatic ring is 4. The van der Waals surface area contributed by atoms with E-state index >= 15 is 0 Å². The number of aromatic nitrogens is 17. The molecule has 32 nitrogen and oxygen atoms in total. The first-order valence-corrected chi connectivity index (χ1v) is 41.3. The average molecular weight is 1720 g/mol. The molecular weight excluding hydrogens is 1610 g/mol. The topological polar surface area (TPSA) is 450 Å². The fraction of sp³-hybridized carbons (Fsp3) is 0.290. The van der Waals surface area contributed by atoms with Crippen molar-refractivity contribution >= 4 is 108 Å². The Labute approximate surface area is 734 Å². The molecular formula is C93H103ClN26O6. The summed E-state index contributed by atoms with van der Waals surface area (Å²) < 4.78 is 14.4. The number of aryl methyl sites for hydroxylation is 5. The number of nitriles is 1. The molecule has 15 aromatic rings. The Morgan fingerprint density at radius 3 is 1.10 bits per heavy atom. The first kappa shape index (κ1) is 90.4. The predicted octanol–water partition coefficient (Wildman–Crippen LogP) is 13.9. The number of nitrogens with one attached hydrogen (secondary N) is 4. The largest absolute Gasteiger partial charge is 0.492 e. The van der Waals surface area contributed by atoms with E-state index in [-0.39, 0.29) is 36.0 Å². The second kappa shape index (κ2) is 38.3.